The normalized spacial score (nSPS) is 23.1. The number of aryl methyl sites for hydroxylation is 1. The third-order valence-corrected chi connectivity index (χ3v) is 5.60. The van der Waals surface area contributed by atoms with E-state index in [1.807, 2.05) is 0 Å². The van der Waals surface area contributed by atoms with Crippen LogP contribution in [0.25, 0.3) is 0 Å². The molecule has 0 amide bonds. The van der Waals surface area contributed by atoms with Gasteiger partial charge in [-0.2, -0.15) is 0 Å². The molecule has 2 atom stereocenters. The number of aliphatic hydroxyl groups is 1. The number of nitrogens with one attached hydrogen (secondary N) is 1. The Kier molecular flexibility index (Phi) is 4.78. The second-order valence-corrected chi connectivity index (χ2v) is 7.13. The van der Waals surface area contributed by atoms with Gasteiger partial charge in [-0.1, -0.05) is 6.42 Å². The number of sulfonamides is 1. The van der Waals surface area contributed by atoms with Crippen LogP contribution < -0.4 is 4.72 Å². The molecule has 1 aliphatic carbocycles. The fourth-order valence-corrected chi connectivity index (χ4v) is 4.15. The summed E-state index contributed by atoms with van der Waals surface area (Å²) in [5.74, 6) is -0.0971. The predicted molar refractivity (Wildman–Crippen MR) is 74.2 cm³/mol. The Balaban J connectivity index is 2.07. The van der Waals surface area contributed by atoms with E-state index in [0.29, 0.717) is 12.1 Å². The topological polar surface area (TPSA) is 66.4 Å². The smallest absolute Gasteiger partial charge is 0.240 e. The summed E-state index contributed by atoms with van der Waals surface area (Å²) < 4.78 is 40.0. The molecule has 1 aliphatic rings. The molecule has 0 heterocycles. The van der Waals surface area contributed by atoms with Gasteiger partial charge in [0.1, 0.15) is 5.82 Å². The van der Waals surface area contributed by atoms with Crippen LogP contribution in [0, 0.1) is 24.6 Å². The van der Waals surface area contributed by atoms with Crippen molar-refractivity contribution in [3.63, 3.8) is 0 Å². The Morgan fingerprint density at radius 1 is 1.35 bits per heavy atom. The van der Waals surface area contributed by atoms with E-state index in [4.69, 9.17) is 0 Å². The highest BCUT2D eigenvalue weighted by molar-refractivity contribution is 7.89. The molecular weight excluding hydrogens is 281 g/mol. The number of hydrogen-bond donors (Lipinski definition) is 2. The first-order valence-electron chi connectivity index (χ1n) is 6.80. The number of halogens is 1. The van der Waals surface area contributed by atoms with Crippen molar-refractivity contribution in [3.8, 4) is 0 Å². The zero-order valence-electron chi connectivity index (χ0n) is 11.5. The first-order chi connectivity index (χ1) is 9.44. The molecule has 112 valence electrons. The Hall–Kier alpha value is -0.980. The molecule has 2 unspecified atom stereocenters. The highest BCUT2D eigenvalue weighted by atomic mass is 32.2. The minimum absolute atomic E-state index is 0.0992. The maximum atomic E-state index is 13.0. The van der Waals surface area contributed by atoms with Crippen LogP contribution in [0.3, 0.4) is 0 Å². The Morgan fingerprint density at radius 2 is 2.05 bits per heavy atom. The van der Waals surface area contributed by atoms with Crippen LogP contribution in [-0.2, 0) is 10.0 Å². The van der Waals surface area contributed by atoms with Crippen molar-refractivity contribution in [1.29, 1.82) is 0 Å². The molecule has 1 aromatic rings. The lowest BCUT2D eigenvalue weighted by Crippen LogP contribution is -2.32. The number of benzene rings is 1. The van der Waals surface area contributed by atoms with Crippen molar-refractivity contribution in [2.75, 3.05) is 13.2 Å². The molecule has 0 bridgehead atoms. The highest BCUT2D eigenvalue weighted by Crippen LogP contribution is 2.31. The van der Waals surface area contributed by atoms with Crippen LogP contribution in [0.1, 0.15) is 24.8 Å². The zero-order chi connectivity index (χ0) is 14.8. The van der Waals surface area contributed by atoms with Crippen molar-refractivity contribution >= 4 is 10.0 Å². The summed E-state index contributed by atoms with van der Waals surface area (Å²) >= 11 is 0. The van der Waals surface area contributed by atoms with Gasteiger partial charge in [-0.15, -0.1) is 0 Å². The number of hydrogen-bond acceptors (Lipinski definition) is 3. The van der Waals surface area contributed by atoms with E-state index in [1.165, 1.54) is 12.1 Å². The Bertz CT molecular complexity index is 574. The first kappa shape index (κ1) is 15.4. The van der Waals surface area contributed by atoms with Crippen LogP contribution in [0.5, 0.6) is 0 Å². The minimum Gasteiger partial charge on any atom is -0.396 e. The van der Waals surface area contributed by atoms with E-state index < -0.39 is 15.8 Å². The molecule has 0 spiro atoms. The molecule has 1 aromatic carbocycles. The van der Waals surface area contributed by atoms with Gasteiger partial charge in [0.15, 0.2) is 0 Å². The second kappa shape index (κ2) is 6.20. The third kappa shape index (κ3) is 3.37. The molecule has 20 heavy (non-hydrogen) atoms. The van der Waals surface area contributed by atoms with Gasteiger partial charge in [0.05, 0.1) is 4.90 Å². The largest absolute Gasteiger partial charge is 0.396 e. The summed E-state index contributed by atoms with van der Waals surface area (Å²) in [5.41, 5.74) is 0.391. The predicted octanol–water partition coefficient (Wildman–Crippen LogP) is 1.82. The van der Waals surface area contributed by atoms with Crippen molar-refractivity contribution in [2.45, 2.75) is 31.1 Å². The van der Waals surface area contributed by atoms with Gasteiger partial charge >= 0.3 is 0 Å². The summed E-state index contributed by atoms with van der Waals surface area (Å²) in [6.45, 7) is 2.00. The van der Waals surface area contributed by atoms with Gasteiger partial charge in [-0.3, -0.25) is 0 Å². The fourth-order valence-electron chi connectivity index (χ4n) is 2.83. The van der Waals surface area contributed by atoms with Gasteiger partial charge in [0, 0.05) is 13.2 Å². The van der Waals surface area contributed by atoms with E-state index >= 15 is 0 Å². The average Bonchev–Trinajstić information content (AvgIpc) is 2.83. The van der Waals surface area contributed by atoms with E-state index in [2.05, 4.69) is 4.72 Å². The maximum absolute atomic E-state index is 13.0. The summed E-state index contributed by atoms with van der Waals surface area (Å²) in [6, 6.07) is 3.64. The molecule has 1 fully saturated rings. The molecule has 0 saturated heterocycles. The molecule has 2 N–H and O–H groups in total. The van der Waals surface area contributed by atoms with Crippen molar-refractivity contribution in [2.24, 2.45) is 11.8 Å². The SMILES string of the molecule is Cc1cc(F)ccc1S(=O)(=O)NCC1CCCC1CO. The summed E-state index contributed by atoms with van der Waals surface area (Å²) in [7, 11) is -3.63. The lowest BCUT2D eigenvalue weighted by atomic mass is 9.97. The Labute approximate surface area is 119 Å². The van der Waals surface area contributed by atoms with Crippen molar-refractivity contribution < 1.29 is 17.9 Å². The lowest BCUT2D eigenvalue weighted by Gasteiger charge is -2.18. The van der Waals surface area contributed by atoms with E-state index in [-0.39, 0.29) is 23.3 Å². The zero-order valence-corrected chi connectivity index (χ0v) is 12.3. The molecular formula is C14H20FNO3S. The summed E-state index contributed by atoms with van der Waals surface area (Å²) in [5, 5.41) is 9.24. The number of aliphatic hydroxyl groups excluding tert-OH is 1. The van der Waals surface area contributed by atoms with Gasteiger partial charge < -0.3 is 5.11 Å². The van der Waals surface area contributed by atoms with Gasteiger partial charge in [0.2, 0.25) is 10.0 Å². The van der Waals surface area contributed by atoms with Crippen LogP contribution in [0.15, 0.2) is 23.1 Å². The molecule has 4 nitrogen and oxygen atoms in total. The van der Waals surface area contributed by atoms with Gasteiger partial charge in [-0.25, -0.2) is 17.5 Å². The lowest BCUT2D eigenvalue weighted by molar-refractivity contribution is 0.195. The van der Waals surface area contributed by atoms with Gasteiger partial charge in [-0.05, 0) is 55.4 Å². The molecule has 1 saturated carbocycles. The summed E-state index contributed by atoms with van der Waals surface area (Å²) in [6.07, 6.45) is 2.89. The average molecular weight is 301 g/mol. The van der Waals surface area contributed by atoms with Gasteiger partial charge in [0.25, 0.3) is 0 Å². The molecule has 0 radical (unpaired) electrons. The fraction of sp³-hybridized carbons (Fsp3) is 0.571. The quantitative estimate of drug-likeness (QED) is 0.872. The van der Waals surface area contributed by atoms with Crippen molar-refractivity contribution in [3.05, 3.63) is 29.6 Å². The first-order valence-corrected chi connectivity index (χ1v) is 8.29. The molecule has 0 aliphatic heterocycles. The van der Waals surface area contributed by atoms with E-state index in [1.54, 1.807) is 6.92 Å². The van der Waals surface area contributed by atoms with E-state index in [9.17, 15) is 17.9 Å². The summed E-state index contributed by atoms with van der Waals surface area (Å²) in [4.78, 5) is 0.109. The van der Waals surface area contributed by atoms with Crippen LogP contribution in [-0.4, -0.2) is 26.7 Å². The van der Waals surface area contributed by atoms with Crippen LogP contribution in [0.2, 0.25) is 0 Å². The number of rotatable bonds is 5. The van der Waals surface area contributed by atoms with Crippen LogP contribution in [0.4, 0.5) is 4.39 Å². The molecule has 0 aromatic heterocycles. The Morgan fingerprint density at radius 3 is 2.70 bits per heavy atom. The monoisotopic (exact) mass is 301 g/mol. The van der Waals surface area contributed by atoms with E-state index in [0.717, 1.165) is 25.3 Å². The second-order valence-electron chi connectivity index (χ2n) is 5.40. The maximum Gasteiger partial charge on any atom is 0.240 e. The van der Waals surface area contributed by atoms with Crippen LogP contribution >= 0.6 is 0 Å². The highest BCUT2D eigenvalue weighted by Gasteiger charge is 2.28. The van der Waals surface area contributed by atoms with Crippen molar-refractivity contribution in [1.82, 2.24) is 4.72 Å². The third-order valence-electron chi connectivity index (χ3n) is 4.01. The molecule has 2 rings (SSSR count). The minimum atomic E-state index is -3.63. The standard InChI is InChI=1S/C14H20FNO3S/c1-10-7-13(15)5-6-14(10)20(18,19)16-8-11-3-2-4-12(11)9-17/h5-7,11-12,16-17H,2-4,8-9H2,1H3. The molecule has 6 heteroatoms.